The summed E-state index contributed by atoms with van der Waals surface area (Å²) in [5.74, 6) is 0.0929. The van der Waals surface area contributed by atoms with Gasteiger partial charge in [0, 0.05) is 11.8 Å². The van der Waals surface area contributed by atoms with Crippen LogP contribution >= 0.6 is 6.89 Å². The molecular formula is C25H18NOP. The van der Waals surface area contributed by atoms with E-state index in [9.17, 15) is 4.79 Å². The van der Waals surface area contributed by atoms with Gasteiger partial charge in [-0.15, -0.1) is 0 Å². The predicted octanol–water partition coefficient (Wildman–Crippen LogP) is 3.79. The highest BCUT2D eigenvalue weighted by Gasteiger charge is 2.42. The number of pyridine rings is 1. The summed E-state index contributed by atoms with van der Waals surface area (Å²) in [6.45, 7) is -2.33. The van der Waals surface area contributed by atoms with Crippen LogP contribution in [0.3, 0.4) is 0 Å². The van der Waals surface area contributed by atoms with Crippen molar-refractivity contribution in [3.63, 3.8) is 0 Å². The normalized spacial score (nSPS) is 14.7. The number of aromatic nitrogens is 1. The molecule has 0 unspecified atom stereocenters. The monoisotopic (exact) mass is 379 g/mol. The number of rotatable bonds is 3. The third-order valence-corrected chi connectivity index (χ3v) is 9.62. The number of hydrogen-bond acceptors (Lipinski definition) is 2. The summed E-state index contributed by atoms with van der Waals surface area (Å²) >= 11 is 0. The van der Waals surface area contributed by atoms with Gasteiger partial charge in [-0.05, 0) is 34.9 Å². The maximum Gasteiger partial charge on any atom is 0.196 e. The van der Waals surface area contributed by atoms with Crippen molar-refractivity contribution in [2.45, 2.75) is 0 Å². The van der Waals surface area contributed by atoms with Crippen LogP contribution < -0.4 is 15.9 Å². The molecule has 0 aliphatic carbocycles. The van der Waals surface area contributed by atoms with Gasteiger partial charge >= 0.3 is 0 Å². The summed E-state index contributed by atoms with van der Waals surface area (Å²) in [5, 5.41) is 4.31. The second-order valence-electron chi connectivity index (χ2n) is 6.75. The van der Waals surface area contributed by atoms with E-state index < -0.39 is 6.89 Å². The molecule has 28 heavy (non-hydrogen) atoms. The Bertz CT molecular complexity index is 1170. The van der Waals surface area contributed by atoms with Crippen LogP contribution in [0.5, 0.6) is 0 Å². The highest BCUT2D eigenvalue weighted by atomic mass is 31.2. The molecule has 0 fully saturated rings. The summed E-state index contributed by atoms with van der Waals surface area (Å²) in [4.78, 5) is 18.3. The molecule has 0 N–H and O–H groups in total. The van der Waals surface area contributed by atoms with Gasteiger partial charge in [0.15, 0.2) is 5.78 Å². The number of hydrogen-bond donors (Lipinski definition) is 0. The first-order valence-corrected chi connectivity index (χ1v) is 11.1. The van der Waals surface area contributed by atoms with Crippen molar-refractivity contribution in [1.82, 2.24) is 4.98 Å². The van der Waals surface area contributed by atoms with E-state index in [1.54, 1.807) is 6.20 Å². The number of nitrogens with zero attached hydrogens (tertiary/aromatic N) is 1. The van der Waals surface area contributed by atoms with E-state index in [4.69, 9.17) is 0 Å². The van der Waals surface area contributed by atoms with Crippen LogP contribution in [0.15, 0.2) is 109 Å². The van der Waals surface area contributed by atoms with E-state index in [-0.39, 0.29) is 5.78 Å². The molecular weight excluding hydrogens is 361 g/mol. The zero-order chi connectivity index (χ0) is 19.0. The molecule has 1 aliphatic rings. The lowest BCUT2D eigenvalue weighted by Crippen LogP contribution is -2.28. The van der Waals surface area contributed by atoms with Crippen LogP contribution in [0.2, 0.25) is 0 Å². The lowest BCUT2D eigenvalue weighted by atomic mass is 10.1. The second kappa shape index (κ2) is 6.74. The molecule has 4 aromatic rings. The van der Waals surface area contributed by atoms with Crippen LogP contribution in [0.4, 0.5) is 0 Å². The van der Waals surface area contributed by atoms with Crippen molar-refractivity contribution in [3.8, 4) is 0 Å². The molecule has 0 saturated carbocycles. The molecule has 3 heteroatoms. The molecule has 2 heterocycles. The van der Waals surface area contributed by atoms with Gasteiger partial charge in [0.2, 0.25) is 0 Å². The van der Waals surface area contributed by atoms with Crippen molar-refractivity contribution in [1.29, 1.82) is 0 Å². The third kappa shape index (κ3) is 2.35. The fourth-order valence-electron chi connectivity index (χ4n) is 4.14. The molecule has 3 aromatic carbocycles. The zero-order valence-electron chi connectivity index (χ0n) is 15.2. The Kier molecular flexibility index (Phi) is 4.07. The Labute approximate surface area is 164 Å². The summed E-state index contributed by atoms with van der Waals surface area (Å²) in [7, 11) is 0. The molecule has 2 nitrogen and oxygen atoms in total. The van der Waals surface area contributed by atoms with Crippen molar-refractivity contribution in [3.05, 3.63) is 121 Å². The average molecular weight is 379 g/mol. The van der Waals surface area contributed by atoms with Gasteiger partial charge in [0.05, 0.1) is 11.0 Å². The molecule has 0 saturated heterocycles. The maximum absolute atomic E-state index is 13.7. The number of carbonyl (C=O) groups is 1. The summed E-state index contributed by atoms with van der Waals surface area (Å²) in [5.41, 5.74) is 1.56. The number of benzene rings is 3. The number of ketones is 1. The van der Waals surface area contributed by atoms with E-state index in [1.165, 1.54) is 10.6 Å². The van der Waals surface area contributed by atoms with Crippen molar-refractivity contribution in [2.24, 2.45) is 0 Å². The Morgan fingerprint density at radius 2 is 1.18 bits per heavy atom. The second-order valence-corrected chi connectivity index (χ2v) is 10.1. The third-order valence-electron chi connectivity index (χ3n) is 5.26. The molecule has 0 spiro atoms. The van der Waals surface area contributed by atoms with Crippen LogP contribution in [-0.2, 0) is 0 Å². The van der Waals surface area contributed by atoms with Gasteiger partial charge in [-0.1, -0.05) is 91.0 Å². The first-order chi connectivity index (χ1) is 13.8. The predicted molar refractivity (Wildman–Crippen MR) is 118 cm³/mol. The smallest absolute Gasteiger partial charge is 0.196 e. The van der Waals surface area contributed by atoms with E-state index in [0.717, 1.165) is 21.9 Å². The van der Waals surface area contributed by atoms with Gasteiger partial charge in [0.25, 0.3) is 0 Å². The highest BCUT2D eigenvalue weighted by Crippen LogP contribution is 2.52. The molecule has 0 radical (unpaired) electrons. The minimum Gasteiger partial charge on any atom is -0.288 e. The highest BCUT2D eigenvalue weighted by molar-refractivity contribution is 7.97. The molecule has 1 aliphatic heterocycles. The van der Waals surface area contributed by atoms with Crippen molar-refractivity contribution < 1.29 is 4.79 Å². The van der Waals surface area contributed by atoms with Gasteiger partial charge in [0.1, 0.15) is 0 Å². The minimum absolute atomic E-state index is 0.0929. The average Bonchev–Trinajstić information content (AvgIpc) is 3.05. The van der Waals surface area contributed by atoms with Crippen LogP contribution in [0.25, 0.3) is 0 Å². The lowest BCUT2D eigenvalue weighted by Gasteiger charge is -2.28. The molecule has 0 atom stereocenters. The minimum atomic E-state index is -2.33. The summed E-state index contributed by atoms with van der Waals surface area (Å²) in [6, 6.07) is 34.7. The van der Waals surface area contributed by atoms with E-state index >= 15 is 0 Å². The molecule has 5 rings (SSSR count). The van der Waals surface area contributed by atoms with Crippen molar-refractivity contribution >= 4 is 33.9 Å². The Morgan fingerprint density at radius 3 is 1.79 bits per heavy atom. The largest absolute Gasteiger partial charge is 0.288 e. The topological polar surface area (TPSA) is 30.0 Å². The Hall–Kier alpha value is -3.22. The standard InChI is InChI=1S/C25H18NOP/c27-24-21-15-7-8-17-23(21)28(19-11-3-1-4-12-19,20-13-5-2-6-14-20)25(24)22-16-9-10-18-26-22/h1-18H. The first-order valence-electron chi connectivity index (χ1n) is 9.27. The molecule has 134 valence electrons. The SMILES string of the molecule is O=C1C(c2ccccn2)=P(c2ccccc2)(c2ccccc2)c2ccccc21. The first kappa shape index (κ1) is 16.9. The number of carbonyl (C=O) groups excluding carboxylic acids is 1. The van der Waals surface area contributed by atoms with Gasteiger partial charge in [-0.25, -0.2) is 0 Å². The van der Waals surface area contributed by atoms with E-state index in [1.807, 2.05) is 48.5 Å². The van der Waals surface area contributed by atoms with Gasteiger partial charge < -0.3 is 0 Å². The molecule has 0 bridgehead atoms. The Morgan fingerprint density at radius 1 is 0.607 bits per heavy atom. The fraction of sp³-hybridized carbons (Fsp3) is 0. The fourth-order valence-corrected chi connectivity index (χ4v) is 8.74. The van der Waals surface area contributed by atoms with Gasteiger partial charge in [-0.2, -0.15) is 0 Å². The molecule has 0 amide bonds. The Balaban J connectivity index is 2.05. The molecule has 1 aromatic heterocycles. The number of fused-ring (bicyclic) bond motifs is 1. The quantitative estimate of drug-likeness (QED) is 0.507. The summed E-state index contributed by atoms with van der Waals surface area (Å²) in [6.07, 6.45) is 1.77. The zero-order valence-corrected chi connectivity index (χ0v) is 16.1. The van der Waals surface area contributed by atoms with Crippen LogP contribution in [0, 0.1) is 0 Å². The number of Topliss-reactive ketones (excluding diaryl/α,β-unsaturated/α-hetero) is 1. The lowest BCUT2D eigenvalue weighted by molar-refractivity contribution is 0.107. The van der Waals surface area contributed by atoms with Crippen molar-refractivity contribution in [2.75, 3.05) is 0 Å². The summed E-state index contributed by atoms with van der Waals surface area (Å²) < 4.78 is 0. The van der Waals surface area contributed by atoms with E-state index in [2.05, 4.69) is 59.6 Å². The van der Waals surface area contributed by atoms with E-state index in [0.29, 0.717) is 0 Å². The van der Waals surface area contributed by atoms with Crippen LogP contribution in [-0.4, -0.2) is 16.1 Å². The van der Waals surface area contributed by atoms with Crippen LogP contribution in [0.1, 0.15) is 16.1 Å². The maximum atomic E-state index is 13.7. The van der Waals surface area contributed by atoms with Gasteiger partial charge in [-0.3, -0.25) is 9.78 Å².